The Morgan fingerprint density at radius 2 is 2.00 bits per heavy atom. The number of morpholine rings is 1. The first kappa shape index (κ1) is 16.2. The van der Waals surface area contributed by atoms with Crippen LogP contribution in [0.3, 0.4) is 0 Å². The minimum absolute atomic E-state index is 0.0901. The number of anilines is 1. The standard InChI is InChI=1S/C18H23N5O2/c1-12-3-5-14(6-4-12)23-8-7-15(18(23)24)22-9-10-25-16(11-22)17-19-13(2)20-21-17/h3-6,15-16H,7-11H2,1-2H3,(H,19,20,21). The molecule has 7 nitrogen and oxygen atoms in total. The van der Waals surface area contributed by atoms with Gasteiger partial charge < -0.3 is 9.64 Å². The Labute approximate surface area is 147 Å². The molecule has 0 radical (unpaired) electrons. The molecule has 0 bridgehead atoms. The largest absolute Gasteiger partial charge is 0.367 e. The molecule has 25 heavy (non-hydrogen) atoms. The smallest absolute Gasteiger partial charge is 0.244 e. The molecule has 2 aliphatic heterocycles. The Hall–Kier alpha value is -2.25. The first-order valence-corrected chi connectivity index (χ1v) is 8.74. The van der Waals surface area contributed by atoms with Crippen LogP contribution in [0.15, 0.2) is 24.3 Å². The number of rotatable bonds is 3. The third kappa shape index (κ3) is 3.17. The molecule has 1 aromatic carbocycles. The van der Waals surface area contributed by atoms with Gasteiger partial charge >= 0.3 is 0 Å². The zero-order valence-electron chi connectivity index (χ0n) is 14.6. The molecule has 0 saturated carbocycles. The molecule has 0 aliphatic carbocycles. The van der Waals surface area contributed by atoms with Crippen LogP contribution < -0.4 is 4.90 Å². The number of aromatic amines is 1. The predicted molar refractivity (Wildman–Crippen MR) is 93.3 cm³/mol. The summed E-state index contributed by atoms with van der Waals surface area (Å²) in [4.78, 5) is 21.4. The van der Waals surface area contributed by atoms with E-state index in [1.165, 1.54) is 5.56 Å². The zero-order valence-corrected chi connectivity index (χ0v) is 14.6. The van der Waals surface area contributed by atoms with Gasteiger partial charge in [0, 0.05) is 25.3 Å². The summed E-state index contributed by atoms with van der Waals surface area (Å²) in [6.45, 7) is 6.68. The van der Waals surface area contributed by atoms with Crippen LogP contribution in [0.2, 0.25) is 0 Å². The number of nitrogens with one attached hydrogen (secondary N) is 1. The predicted octanol–water partition coefficient (Wildman–Crippen LogP) is 1.60. The average molecular weight is 341 g/mol. The summed E-state index contributed by atoms with van der Waals surface area (Å²) < 4.78 is 5.82. The highest BCUT2D eigenvalue weighted by Crippen LogP contribution is 2.28. The van der Waals surface area contributed by atoms with Crippen molar-refractivity contribution in [1.29, 1.82) is 0 Å². The van der Waals surface area contributed by atoms with E-state index in [0.29, 0.717) is 19.0 Å². The highest BCUT2D eigenvalue weighted by Gasteiger charge is 2.39. The van der Waals surface area contributed by atoms with E-state index in [9.17, 15) is 4.79 Å². The molecule has 1 N–H and O–H groups in total. The van der Waals surface area contributed by atoms with Crippen molar-refractivity contribution < 1.29 is 9.53 Å². The van der Waals surface area contributed by atoms with Gasteiger partial charge in [0.15, 0.2) is 5.82 Å². The van der Waals surface area contributed by atoms with Crippen LogP contribution in [-0.4, -0.2) is 58.3 Å². The molecular formula is C18H23N5O2. The Bertz CT molecular complexity index is 757. The quantitative estimate of drug-likeness (QED) is 0.918. The third-order valence-corrected chi connectivity index (χ3v) is 4.96. The van der Waals surface area contributed by atoms with Crippen LogP contribution >= 0.6 is 0 Å². The lowest BCUT2D eigenvalue weighted by Crippen LogP contribution is -2.48. The topological polar surface area (TPSA) is 74.3 Å². The van der Waals surface area contributed by atoms with Gasteiger partial charge in [-0.15, -0.1) is 0 Å². The first-order chi connectivity index (χ1) is 12.1. The second-order valence-electron chi connectivity index (χ2n) is 6.76. The van der Waals surface area contributed by atoms with Crippen molar-refractivity contribution in [2.75, 3.05) is 31.1 Å². The van der Waals surface area contributed by atoms with Gasteiger partial charge in [-0.2, -0.15) is 5.10 Å². The second-order valence-corrected chi connectivity index (χ2v) is 6.76. The van der Waals surface area contributed by atoms with Gasteiger partial charge in [0.2, 0.25) is 5.91 Å². The number of hydrogen-bond acceptors (Lipinski definition) is 5. The fourth-order valence-corrected chi connectivity index (χ4v) is 3.60. The number of hydrogen-bond donors (Lipinski definition) is 1. The minimum atomic E-state index is -0.181. The van der Waals surface area contributed by atoms with Crippen molar-refractivity contribution in [3.8, 4) is 0 Å². The lowest BCUT2D eigenvalue weighted by atomic mass is 10.1. The molecule has 2 aliphatic rings. The van der Waals surface area contributed by atoms with Gasteiger partial charge in [0.25, 0.3) is 0 Å². The summed E-state index contributed by atoms with van der Waals surface area (Å²) in [6, 6.07) is 8.05. The van der Waals surface area contributed by atoms with Crippen molar-refractivity contribution >= 4 is 11.6 Å². The second kappa shape index (κ2) is 6.57. The van der Waals surface area contributed by atoms with Crippen molar-refractivity contribution in [3.63, 3.8) is 0 Å². The molecule has 132 valence electrons. The van der Waals surface area contributed by atoms with E-state index < -0.39 is 0 Å². The van der Waals surface area contributed by atoms with E-state index in [2.05, 4.69) is 27.0 Å². The molecule has 2 unspecified atom stereocenters. The van der Waals surface area contributed by atoms with Gasteiger partial charge in [-0.25, -0.2) is 4.98 Å². The Morgan fingerprint density at radius 3 is 2.72 bits per heavy atom. The molecule has 2 atom stereocenters. The van der Waals surface area contributed by atoms with Crippen LogP contribution in [-0.2, 0) is 9.53 Å². The molecule has 2 saturated heterocycles. The maximum atomic E-state index is 12.9. The van der Waals surface area contributed by atoms with Gasteiger partial charge in [-0.05, 0) is 32.4 Å². The van der Waals surface area contributed by atoms with Crippen molar-refractivity contribution in [2.45, 2.75) is 32.4 Å². The summed E-state index contributed by atoms with van der Waals surface area (Å²) in [5.41, 5.74) is 2.18. The summed E-state index contributed by atoms with van der Waals surface area (Å²) in [5.74, 6) is 1.62. The van der Waals surface area contributed by atoms with Gasteiger partial charge in [-0.1, -0.05) is 17.7 Å². The van der Waals surface area contributed by atoms with Crippen molar-refractivity contribution in [2.24, 2.45) is 0 Å². The summed E-state index contributed by atoms with van der Waals surface area (Å²) in [7, 11) is 0. The molecule has 7 heteroatoms. The first-order valence-electron chi connectivity index (χ1n) is 8.74. The van der Waals surface area contributed by atoms with E-state index in [1.807, 2.05) is 36.1 Å². The molecule has 2 fully saturated rings. The molecule has 1 amide bonds. The number of benzene rings is 1. The summed E-state index contributed by atoms with van der Waals surface area (Å²) in [6.07, 6.45) is 0.659. The SMILES string of the molecule is Cc1ccc(N2CCC(N3CCOC(c4n[nH]c(C)n4)C3)C2=O)cc1. The Balaban J connectivity index is 1.46. The highest BCUT2D eigenvalue weighted by molar-refractivity contribution is 5.99. The molecular weight excluding hydrogens is 318 g/mol. The fraction of sp³-hybridized carbons (Fsp3) is 0.500. The van der Waals surface area contributed by atoms with Gasteiger partial charge in [0.1, 0.15) is 11.9 Å². The lowest BCUT2D eigenvalue weighted by molar-refractivity contribution is -0.125. The van der Waals surface area contributed by atoms with Crippen molar-refractivity contribution in [3.05, 3.63) is 41.5 Å². The highest BCUT2D eigenvalue weighted by atomic mass is 16.5. The number of amides is 1. The zero-order chi connectivity index (χ0) is 17.4. The third-order valence-electron chi connectivity index (χ3n) is 4.96. The maximum absolute atomic E-state index is 12.9. The average Bonchev–Trinajstić information content (AvgIpc) is 3.22. The van der Waals surface area contributed by atoms with Gasteiger partial charge in [-0.3, -0.25) is 14.8 Å². The van der Waals surface area contributed by atoms with Crippen LogP contribution in [0.4, 0.5) is 5.69 Å². The van der Waals surface area contributed by atoms with E-state index in [4.69, 9.17) is 4.74 Å². The number of carbonyl (C=O) groups is 1. The van der Waals surface area contributed by atoms with Crippen LogP contribution in [0.5, 0.6) is 0 Å². The summed E-state index contributed by atoms with van der Waals surface area (Å²) >= 11 is 0. The van der Waals surface area contributed by atoms with Gasteiger partial charge in [0.05, 0.1) is 12.6 Å². The number of aromatic nitrogens is 3. The maximum Gasteiger partial charge on any atom is 0.244 e. The number of aryl methyl sites for hydroxylation is 2. The van der Waals surface area contributed by atoms with E-state index in [0.717, 1.165) is 31.0 Å². The van der Waals surface area contributed by atoms with Crippen LogP contribution in [0, 0.1) is 13.8 Å². The number of nitrogens with zero attached hydrogens (tertiary/aromatic N) is 4. The number of H-pyrrole nitrogens is 1. The number of ether oxygens (including phenoxy) is 1. The molecule has 3 heterocycles. The molecule has 2 aromatic rings. The minimum Gasteiger partial charge on any atom is -0.367 e. The summed E-state index contributed by atoms with van der Waals surface area (Å²) in [5, 5.41) is 7.06. The lowest BCUT2D eigenvalue weighted by Gasteiger charge is -2.34. The van der Waals surface area contributed by atoms with Crippen LogP contribution in [0.25, 0.3) is 0 Å². The molecule has 1 aromatic heterocycles. The fourth-order valence-electron chi connectivity index (χ4n) is 3.60. The van der Waals surface area contributed by atoms with E-state index >= 15 is 0 Å². The Morgan fingerprint density at radius 1 is 1.20 bits per heavy atom. The van der Waals surface area contributed by atoms with Crippen LogP contribution in [0.1, 0.15) is 29.7 Å². The molecule has 0 spiro atoms. The van der Waals surface area contributed by atoms with E-state index in [1.54, 1.807) is 0 Å². The molecule has 4 rings (SSSR count). The number of carbonyl (C=O) groups excluding carboxylic acids is 1. The Kier molecular flexibility index (Phi) is 4.27. The van der Waals surface area contributed by atoms with E-state index in [-0.39, 0.29) is 18.1 Å². The monoisotopic (exact) mass is 341 g/mol. The normalized spacial score (nSPS) is 24.9. The van der Waals surface area contributed by atoms with Crippen molar-refractivity contribution in [1.82, 2.24) is 20.1 Å².